The number of nitroso groups, excluding NO2 is 1. The Balaban J connectivity index is 2.46. The lowest BCUT2D eigenvalue weighted by atomic mass is 9.80. The van der Waals surface area contributed by atoms with Crippen LogP contribution in [0.15, 0.2) is 29.4 Å². The van der Waals surface area contributed by atoms with E-state index in [0.29, 0.717) is 5.92 Å². The van der Waals surface area contributed by atoms with Crippen LogP contribution < -0.4 is 0 Å². The normalized spacial score (nSPS) is 15.9. The van der Waals surface area contributed by atoms with E-state index >= 15 is 0 Å². The first-order valence-electron chi connectivity index (χ1n) is 5.54. The number of rotatable bonds is 3. The average Bonchev–Trinajstić information content (AvgIpc) is 3.11. The zero-order valence-corrected chi connectivity index (χ0v) is 9.56. The molecule has 1 amide bonds. The Morgan fingerprint density at radius 3 is 2.50 bits per heavy atom. The van der Waals surface area contributed by atoms with Crippen LogP contribution in [0.4, 0.5) is 0 Å². The highest BCUT2D eigenvalue weighted by Gasteiger charge is 2.36. The SMILES string of the molecule is CC(C)(C(=O)N=O)c1ccccc1C1CC1. The van der Waals surface area contributed by atoms with Gasteiger partial charge in [-0.1, -0.05) is 24.3 Å². The number of carbonyl (C=O) groups is 1. The van der Waals surface area contributed by atoms with Gasteiger partial charge >= 0.3 is 0 Å². The van der Waals surface area contributed by atoms with E-state index in [2.05, 4.69) is 5.18 Å². The predicted octanol–water partition coefficient (Wildman–Crippen LogP) is 3.13. The van der Waals surface area contributed by atoms with Gasteiger partial charge in [0.15, 0.2) is 0 Å². The van der Waals surface area contributed by atoms with Crippen molar-refractivity contribution in [2.45, 2.75) is 38.0 Å². The van der Waals surface area contributed by atoms with Crippen molar-refractivity contribution in [1.82, 2.24) is 0 Å². The van der Waals surface area contributed by atoms with Crippen molar-refractivity contribution in [3.63, 3.8) is 0 Å². The van der Waals surface area contributed by atoms with Gasteiger partial charge in [-0.2, -0.15) is 0 Å². The lowest BCUT2D eigenvalue weighted by Crippen LogP contribution is -2.28. The Morgan fingerprint density at radius 1 is 1.31 bits per heavy atom. The lowest BCUT2D eigenvalue weighted by Gasteiger charge is -2.22. The molecular formula is C13H15NO2. The van der Waals surface area contributed by atoms with Crippen molar-refractivity contribution in [3.8, 4) is 0 Å². The van der Waals surface area contributed by atoms with E-state index < -0.39 is 11.3 Å². The third-order valence-electron chi connectivity index (χ3n) is 3.27. The minimum Gasteiger partial charge on any atom is -0.268 e. The summed E-state index contributed by atoms with van der Waals surface area (Å²) >= 11 is 0. The molecule has 0 N–H and O–H groups in total. The maximum atomic E-state index is 11.6. The minimum absolute atomic E-state index is 0.565. The summed E-state index contributed by atoms with van der Waals surface area (Å²) in [5.41, 5.74) is 1.34. The highest BCUT2D eigenvalue weighted by Crippen LogP contribution is 2.44. The van der Waals surface area contributed by atoms with Crippen molar-refractivity contribution in [2.75, 3.05) is 0 Å². The van der Waals surface area contributed by atoms with Crippen LogP contribution in [0.2, 0.25) is 0 Å². The Labute approximate surface area is 94.8 Å². The summed E-state index contributed by atoms with van der Waals surface area (Å²) in [6.07, 6.45) is 2.35. The summed E-state index contributed by atoms with van der Waals surface area (Å²) in [4.78, 5) is 22.0. The monoisotopic (exact) mass is 217 g/mol. The Hall–Kier alpha value is -1.51. The maximum absolute atomic E-state index is 11.6. The van der Waals surface area contributed by atoms with Crippen LogP contribution in [0.3, 0.4) is 0 Å². The number of nitrogens with zero attached hydrogens (tertiary/aromatic N) is 1. The van der Waals surface area contributed by atoms with Gasteiger partial charge in [0.25, 0.3) is 5.91 Å². The molecule has 3 nitrogen and oxygen atoms in total. The molecule has 1 aliphatic rings. The van der Waals surface area contributed by atoms with Crippen molar-refractivity contribution in [2.24, 2.45) is 5.18 Å². The van der Waals surface area contributed by atoms with Gasteiger partial charge in [-0.05, 0) is 43.7 Å². The molecule has 0 heterocycles. The fourth-order valence-corrected chi connectivity index (χ4v) is 2.05. The first-order chi connectivity index (χ1) is 7.57. The molecule has 84 valence electrons. The van der Waals surface area contributed by atoms with Crippen LogP contribution in [0.25, 0.3) is 0 Å². The highest BCUT2D eigenvalue weighted by atomic mass is 16.3. The zero-order chi connectivity index (χ0) is 11.8. The van der Waals surface area contributed by atoms with Crippen LogP contribution in [0.5, 0.6) is 0 Å². The van der Waals surface area contributed by atoms with E-state index in [1.807, 2.05) is 24.3 Å². The molecule has 2 rings (SSSR count). The topological polar surface area (TPSA) is 46.5 Å². The van der Waals surface area contributed by atoms with E-state index in [-0.39, 0.29) is 0 Å². The van der Waals surface area contributed by atoms with Crippen LogP contribution in [0, 0.1) is 4.91 Å². The average molecular weight is 217 g/mol. The second kappa shape index (κ2) is 3.81. The van der Waals surface area contributed by atoms with Gasteiger partial charge < -0.3 is 0 Å². The van der Waals surface area contributed by atoms with Crippen LogP contribution in [-0.4, -0.2) is 5.91 Å². The molecule has 0 atom stereocenters. The molecule has 0 spiro atoms. The number of hydrogen-bond donors (Lipinski definition) is 0. The third-order valence-corrected chi connectivity index (χ3v) is 3.27. The van der Waals surface area contributed by atoms with E-state index in [9.17, 15) is 9.70 Å². The molecule has 1 saturated carbocycles. The second-order valence-electron chi connectivity index (χ2n) is 4.88. The van der Waals surface area contributed by atoms with Gasteiger partial charge in [0, 0.05) is 5.18 Å². The molecular weight excluding hydrogens is 202 g/mol. The summed E-state index contributed by atoms with van der Waals surface area (Å²) in [6, 6.07) is 7.86. The van der Waals surface area contributed by atoms with E-state index in [0.717, 1.165) is 5.56 Å². The minimum atomic E-state index is -0.805. The van der Waals surface area contributed by atoms with Gasteiger partial charge in [0.1, 0.15) is 0 Å². The first kappa shape index (κ1) is 11.0. The molecule has 3 heteroatoms. The summed E-state index contributed by atoms with van der Waals surface area (Å²) in [7, 11) is 0. The molecule has 1 aromatic carbocycles. The molecule has 1 aromatic rings. The molecule has 1 aliphatic carbocycles. The van der Waals surface area contributed by atoms with Crippen LogP contribution in [0.1, 0.15) is 43.7 Å². The molecule has 0 aromatic heterocycles. The largest absolute Gasteiger partial charge is 0.296 e. The van der Waals surface area contributed by atoms with Gasteiger partial charge in [0.05, 0.1) is 5.41 Å². The molecule has 1 fully saturated rings. The van der Waals surface area contributed by atoms with Crippen molar-refractivity contribution in [3.05, 3.63) is 40.3 Å². The Kier molecular flexibility index (Phi) is 2.62. The molecule has 0 bridgehead atoms. The van der Waals surface area contributed by atoms with Gasteiger partial charge in [-0.3, -0.25) is 4.79 Å². The van der Waals surface area contributed by atoms with Gasteiger partial charge in [0.2, 0.25) is 0 Å². The predicted molar refractivity (Wildman–Crippen MR) is 62.2 cm³/mol. The second-order valence-corrected chi connectivity index (χ2v) is 4.88. The van der Waals surface area contributed by atoms with Crippen LogP contribution >= 0.6 is 0 Å². The van der Waals surface area contributed by atoms with Crippen molar-refractivity contribution < 1.29 is 4.79 Å². The number of amides is 1. The number of benzene rings is 1. The summed E-state index contributed by atoms with van der Waals surface area (Å²) in [5, 5.41) is 2.57. The van der Waals surface area contributed by atoms with Crippen LogP contribution in [-0.2, 0) is 10.2 Å². The zero-order valence-electron chi connectivity index (χ0n) is 9.56. The van der Waals surface area contributed by atoms with E-state index in [1.54, 1.807) is 13.8 Å². The Bertz CT molecular complexity index is 433. The molecule has 16 heavy (non-hydrogen) atoms. The smallest absolute Gasteiger partial charge is 0.268 e. The van der Waals surface area contributed by atoms with Crippen molar-refractivity contribution >= 4 is 5.91 Å². The highest BCUT2D eigenvalue weighted by molar-refractivity contribution is 5.88. The fourth-order valence-electron chi connectivity index (χ4n) is 2.05. The van der Waals surface area contributed by atoms with Gasteiger partial charge in [-0.15, -0.1) is 4.91 Å². The molecule has 0 saturated heterocycles. The van der Waals surface area contributed by atoms with E-state index in [4.69, 9.17) is 0 Å². The van der Waals surface area contributed by atoms with Crippen molar-refractivity contribution in [1.29, 1.82) is 0 Å². The standard InChI is InChI=1S/C13H15NO2/c1-13(2,12(15)14-16)11-6-4-3-5-10(11)9-7-8-9/h3-6,9H,7-8H2,1-2H3. The maximum Gasteiger partial charge on any atom is 0.296 e. The molecule has 0 radical (unpaired) electrons. The molecule has 0 unspecified atom stereocenters. The summed E-state index contributed by atoms with van der Waals surface area (Å²) in [5.74, 6) is -0.0319. The lowest BCUT2D eigenvalue weighted by molar-refractivity contribution is -0.122. The third kappa shape index (κ3) is 1.77. The molecule has 0 aliphatic heterocycles. The Morgan fingerprint density at radius 2 is 1.94 bits per heavy atom. The fraction of sp³-hybridized carbons (Fsp3) is 0.462. The summed E-state index contributed by atoms with van der Waals surface area (Å²) in [6.45, 7) is 3.52. The quantitative estimate of drug-likeness (QED) is 0.730. The number of hydrogen-bond acceptors (Lipinski definition) is 2. The first-order valence-corrected chi connectivity index (χ1v) is 5.54. The van der Waals surface area contributed by atoms with Gasteiger partial charge in [-0.25, -0.2) is 0 Å². The van der Waals surface area contributed by atoms with E-state index in [1.165, 1.54) is 18.4 Å². The number of carbonyl (C=O) groups excluding carboxylic acids is 1. The summed E-state index contributed by atoms with van der Waals surface area (Å²) < 4.78 is 0.